The molecule has 0 unspecified atom stereocenters. The number of carbonyl (C=O) groups excluding carboxylic acids is 1. The summed E-state index contributed by atoms with van der Waals surface area (Å²) in [5, 5.41) is 11.7. The highest BCUT2D eigenvalue weighted by molar-refractivity contribution is 6.30. The summed E-state index contributed by atoms with van der Waals surface area (Å²) in [6, 6.07) is 7.12. The van der Waals surface area contributed by atoms with Crippen LogP contribution in [0.5, 0.6) is 5.75 Å². The van der Waals surface area contributed by atoms with Crippen molar-refractivity contribution in [1.29, 1.82) is 5.26 Å². The molecule has 0 radical (unpaired) electrons. The van der Waals surface area contributed by atoms with E-state index in [1.807, 2.05) is 20.2 Å². The van der Waals surface area contributed by atoms with Crippen LogP contribution in [0.1, 0.15) is 18.4 Å². The zero-order chi connectivity index (χ0) is 15.7. The van der Waals surface area contributed by atoms with E-state index in [1.54, 1.807) is 18.2 Å². The second-order valence-corrected chi connectivity index (χ2v) is 5.31. The first-order chi connectivity index (χ1) is 10.0. The first-order valence-corrected chi connectivity index (χ1v) is 7.10. The van der Waals surface area contributed by atoms with Crippen molar-refractivity contribution >= 4 is 17.5 Å². The lowest BCUT2D eigenvalue weighted by Crippen LogP contribution is -2.22. The van der Waals surface area contributed by atoms with Crippen molar-refractivity contribution in [2.75, 3.05) is 27.2 Å². The summed E-state index contributed by atoms with van der Waals surface area (Å²) in [5.74, 6) is 0.395. The Bertz CT molecular complexity index is 512. The van der Waals surface area contributed by atoms with E-state index < -0.39 is 0 Å². The van der Waals surface area contributed by atoms with E-state index in [9.17, 15) is 4.79 Å². The molecule has 0 bridgehead atoms. The number of nitriles is 1. The highest BCUT2D eigenvalue weighted by Crippen LogP contribution is 2.23. The second kappa shape index (κ2) is 9.22. The van der Waals surface area contributed by atoms with Gasteiger partial charge in [0.15, 0.2) is 0 Å². The first-order valence-electron chi connectivity index (χ1n) is 6.72. The number of rotatable bonds is 8. The molecule has 0 aliphatic rings. The molecule has 0 aromatic heterocycles. The molecule has 6 heteroatoms. The fourth-order valence-electron chi connectivity index (χ4n) is 1.72. The zero-order valence-electron chi connectivity index (χ0n) is 12.4. The molecule has 5 nitrogen and oxygen atoms in total. The van der Waals surface area contributed by atoms with E-state index in [4.69, 9.17) is 21.6 Å². The van der Waals surface area contributed by atoms with E-state index in [2.05, 4.69) is 10.2 Å². The van der Waals surface area contributed by atoms with Crippen LogP contribution in [-0.2, 0) is 11.3 Å². The van der Waals surface area contributed by atoms with E-state index in [-0.39, 0.29) is 12.3 Å². The number of hydrogen-bond acceptors (Lipinski definition) is 4. The van der Waals surface area contributed by atoms with Crippen LogP contribution in [0.4, 0.5) is 0 Å². The molecule has 0 atom stereocenters. The molecule has 1 N–H and O–H groups in total. The Balaban J connectivity index is 2.58. The molecule has 1 rings (SSSR count). The van der Waals surface area contributed by atoms with Crippen LogP contribution in [0.3, 0.4) is 0 Å². The smallest absolute Gasteiger partial charge is 0.234 e. The monoisotopic (exact) mass is 309 g/mol. The van der Waals surface area contributed by atoms with E-state index >= 15 is 0 Å². The Kier molecular flexibility index (Phi) is 7.59. The van der Waals surface area contributed by atoms with Gasteiger partial charge in [0.05, 0.1) is 12.7 Å². The molecular formula is C15H20ClN3O2. The Labute approximate surface area is 130 Å². The average Bonchev–Trinajstić information content (AvgIpc) is 2.43. The topological polar surface area (TPSA) is 65.4 Å². The fraction of sp³-hybridized carbons (Fsp3) is 0.467. The minimum atomic E-state index is -0.309. The molecule has 0 saturated heterocycles. The van der Waals surface area contributed by atoms with Crippen LogP contribution in [0.2, 0.25) is 5.02 Å². The molecular weight excluding hydrogens is 290 g/mol. The van der Waals surface area contributed by atoms with E-state index in [0.29, 0.717) is 23.9 Å². The molecule has 1 aromatic carbocycles. The predicted octanol–water partition coefficient (Wildman–Crippen LogP) is 2.20. The van der Waals surface area contributed by atoms with Gasteiger partial charge in [0.1, 0.15) is 12.2 Å². The maximum Gasteiger partial charge on any atom is 0.234 e. The van der Waals surface area contributed by atoms with Crippen molar-refractivity contribution < 1.29 is 9.53 Å². The summed E-state index contributed by atoms with van der Waals surface area (Å²) in [5.41, 5.74) is 0.804. The highest BCUT2D eigenvalue weighted by Gasteiger charge is 2.07. The number of carbonyl (C=O) groups is 1. The van der Waals surface area contributed by atoms with Gasteiger partial charge in [-0.15, -0.1) is 0 Å². The van der Waals surface area contributed by atoms with Crippen molar-refractivity contribution in [1.82, 2.24) is 10.2 Å². The average molecular weight is 310 g/mol. The van der Waals surface area contributed by atoms with Gasteiger partial charge in [-0.1, -0.05) is 11.6 Å². The van der Waals surface area contributed by atoms with Crippen molar-refractivity contribution in [2.24, 2.45) is 0 Å². The Morgan fingerprint density at radius 3 is 2.90 bits per heavy atom. The van der Waals surface area contributed by atoms with E-state index in [0.717, 1.165) is 18.5 Å². The summed E-state index contributed by atoms with van der Waals surface area (Å²) < 4.78 is 5.73. The molecule has 0 saturated carbocycles. The first kappa shape index (κ1) is 17.3. The largest absolute Gasteiger partial charge is 0.493 e. The van der Waals surface area contributed by atoms with Gasteiger partial charge in [-0.05, 0) is 38.7 Å². The van der Waals surface area contributed by atoms with Crippen LogP contribution < -0.4 is 10.1 Å². The quantitative estimate of drug-likeness (QED) is 0.748. The van der Waals surface area contributed by atoms with Gasteiger partial charge in [0.2, 0.25) is 5.91 Å². The molecule has 0 aliphatic heterocycles. The van der Waals surface area contributed by atoms with Gasteiger partial charge in [-0.25, -0.2) is 0 Å². The normalized spacial score (nSPS) is 10.2. The Morgan fingerprint density at radius 1 is 1.48 bits per heavy atom. The number of nitrogens with one attached hydrogen (secondary N) is 1. The summed E-state index contributed by atoms with van der Waals surface area (Å²) >= 11 is 5.97. The summed E-state index contributed by atoms with van der Waals surface area (Å²) in [7, 11) is 4.02. The summed E-state index contributed by atoms with van der Waals surface area (Å²) in [6.07, 6.45) is 0.759. The van der Waals surface area contributed by atoms with Gasteiger partial charge in [-0.3, -0.25) is 4.79 Å². The number of nitrogens with zero attached hydrogens (tertiary/aromatic N) is 2. The minimum absolute atomic E-state index is 0.153. The summed E-state index contributed by atoms with van der Waals surface area (Å²) in [4.78, 5) is 13.4. The number of halogens is 1. The Morgan fingerprint density at radius 2 is 2.24 bits per heavy atom. The lowest BCUT2D eigenvalue weighted by atomic mass is 10.2. The lowest BCUT2D eigenvalue weighted by molar-refractivity contribution is -0.120. The number of benzene rings is 1. The lowest BCUT2D eigenvalue weighted by Gasteiger charge is -2.14. The minimum Gasteiger partial charge on any atom is -0.493 e. The third-order valence-corrected chi connectivity index (χ3v) is 2.98. The molecule has 1 aromatic rings. The molecule has 0 aliphatic carbocycles. The van der Waals surface area contributed by atoms with Crippen molar-refractivity contribution in [3.05, 3.63) is 28.8 Å². The van der Waals surface area contributed by atoms with Crippen molar-refractivity contribution in [3.63, 3.8) is 0 Å². The SMILES string of the molecule is CN(C)CCCOc1ccc(Cl)cc1CNC(=O)CC#N. The fourth-order valence-corrected chi connectivity index (χ4v) is 1.91. The Hall–Kier alpha value is -1.77. The van der Waals surface area contributed by atoms with E-state index in [1.165, 1.54) is 0 Å². The maximum atomic E-state index is 11.3. The molecule has 21 heavy (non-hydrogen) atoms. The predicted molar refractivity (Wildman–Crippen MR) is 82.2 cm³/mol. The number of ether oxygens (including phenoxy) is 1. The van der Waals surface area contributed by atoms with Crippen LogP contribution >= 0.6 is 11.6 Å². The molecule has 0 heterocycles. The number of hydrogen-bond donors (Lipinski definition) is 1. The highest BCUT2D eigenvalue weighted by atomic mass is 35.5. The van der Waals surface area contributed by atoms with Gasteiger partial charge in [0.25, 0.3) is 0 Å². The van der Waals surface area contributed by atoms with Gasteiger partial charge in [-0.2, -0.15) is 5.26 Å². The zero-order valence-corrected chi connectivity index (χ0v) is 13.1. The third kappa shape index (κ3) is 6.98. The maximum absolute atomic E-state index is 11.3. The van der Waals surface area contributed by atoms with Gasteiger partial charge < -0.3 is 15.0 Å². The van der Waals surface area contributed by atoms with Gasteiger partial charge in [0, 0.05) is 23.7 Å². The van der Waals surface area contributed by atoms with Crippen LogP contribution in [0, 0.1) is 11.3 Å². The molecule has 0 fully saturated rings. The third-order valence-electron chi connectivity index (χ3n) is 2.75. The van der Waals surface area contributed by atoms with Crippen molar-refractivity contribution in [3.8, 4) is 11.8 Å². The number of amides is 1. The van der Waals surface area contributed by atoms with Gasteiger partial charge >= 0.3 is 0 Å². The van der Waals surface area contributed by atoms with Crippen LogP contribution in [-0.4, -0.2) is 38.1 Å². The molecule has 0 spiro atoms. The molecule has 114 valence electrons. The molecule has 1 amide bonds. The second-order valence-electron chi connectivity index (χ2n) is 4.87. The van der Waals surface area contributed by atoms with Crippen molar-refractivity contribution in [2.45, 2.75) is 19.4 Å². The summed E-state index contributed by atoms with van der Waals surface area (Å²) in [6.45, 7) is 1.84. The van der Waals surface area contributed by atoms with Crippen LogP contribution in [0.25, 0.3) is 0 Å². The standard InChI is InChI=1S/C15H20ClN3O2/c1-19(2)8-3-9-21-14-5-4-13(16)10-12(14)11-18-15(20)6-7-17/h4-5,10H,3,6,8-9,11H2,1-2H3,(H,18,20). The van der Waals surface area contributed by atoms with Crippen LogP contribution in [0.15, 0.2) is 18.2 Å².